The van der Waals surface area contributed by atoms with Gasteiger partial charge in [-0.25, -0.2) is 0 Å². The smallest absolute Gasteiger partial charge is 0.197 e. The second kappa shape index (κ2) is 17.5. The Balaban J connectivity index is 1.06. The zero-order valence-electron chi connectivity index (χ0n) is 48.8. The fourth-order valence-electron chi connectivity index (χ4n) is 15.2. The van der Waals surface area contributed by atoms with Crippen LogP contribution >= 0.6 is 0 Å². The van der Waals surface area contributed by atoms with Gasteiger partial charge < -0.3 is 14.8 Å². The summed E-state index contributed by atoms with van der Waals surface area (Å²) in [5.41, 5.74) is 28.0. The van der Waals surface area contributed by atoms with Gasteiger partial charge in [-0.1, -0.05) is 190 Å². The standard InChI is InChI=1S/C77H71BN3/c1-73(2)35-36-74(3,4)63-42-50(30-34-62(63)73)79-67-43-53(80(51-23-13-11-14-24-51)52-25-15-12-16-26-52)31-32-55(67)58-44-56(49-29-33-61-57(40-49)54-27-19-20-28-60(54)77(61,9)10)70-59-39-47-21-17-18-22-48(47)41-68(59)81-69-46-65-64(45-66(69)78-71(58)72(70)81)75(5,6)37-38-76(65,7)8/h11-34,39-46,79H,35-38H2,1-10H3. The summed E-state index contributed by atoms with van der Waals surface area (Å²) in [5, 5.41) is 9.29. The summed E-state index contributed by atoms with van der Waals surface area (Å²) in [6, 6.07) is 74.2. The lowest BCUT2D eigenvalue weighted by Gasteiger charge is -2.43. The number of fused-ring (bicyclic) bond motifs is 11. The van der Waals surface area contributed by atoms with Crippen LogP contribution in [-0.4, -0.2) is 11.8 Å². The van der Waals surface area contributed by atoms with E-state index in [1.54, 1.807) is 0 Å². The number of aromatic nitrogens is 1. The molecule has 1 aliphatic heterocycles. The van der Waals surface area contributed by atoms with Gasteiger partial charge in [0.25, 0.3) is 0 Å². The molecule has 15 rings (SSSR count). The van der Waals surface area contributed by atoms with Crippen LogP contribution < -0.4 is 21.1 Å². The molecule has 0 saturated heterocycles. The van der Waals surface area contributed by atoms with Crippen LogP contribution in [0.15, 0.2) is 194 Å². The summed E-state index contributed by atoms with van der Waals surface area (Å²) in [4.78, 5) is 2.40. The van der Waals surface area contributed by atoms with E-state index in [0.717, 1.165) is 53.3 Å². The quantitative estimate of drug-likeness (QED) is 0.161. The molecule has 3 aliphatic carbocycles. The second-order valence-electron chi connectivity index (χ2n) is 27.4. The highest BCUT2D eigenvalue weighted by atomic mass is 15.1. The van der Waals surface area contributed by atoms with Crippen LogP contribution in [0.25, 0.3) is 71.6 Å². The summed E-state index contributed by atoms with van der Waals surface area (Å²) in [5.74, 6) is 0. The van der Waals surface area contributed by atoms with Crippen LogP contribution in [0.3, 0.4) is 0 Å². The highest BCUT2D eigenvalue weighted by molar-refractivity contribution is 6.73. The Morgan fingerprint density at radius 1 is 0.420 bits per heavy atom. The first-order valence-electron chi connectivity index (χ1n) is 29.7. The summed E-state index contributed by atoms with van der Waals surface area (Å²) in [6.45, 7) is 24.3. The van der Waals surface area contributed by atoms with Crippen LogP contribution in [0.1, 0.15) is 128 Å². The molecule has 81 heavy (non-hydrogen) atoms. The van der Waals surface area contributed by atoms with Crippen molar-refractivity contribution in [3.05, 3.63) is 228 Å². The SMILES string of the molecule is CC1(C)CCC(C)(C)c2cc(Nc3cc(N(c4ccccc4)c4ccccc4)ccc3-c3cc(-c4ccc5c(c4)-c4ccccc4C5(C)C)c4c5cc6ccccc6cc5n5c4c3[B]c3cc4c(cc3-5)C(C)(C)CCC4(C)C)ccc21. The van der Waals surface area contributed by atoms with E-state index in [4.69, 9.17) is 0 Å². The lowest BCUT2D eigenvalue weighted by molar-refractivity contribution is 0.332. The number of rotatable bonds is 7. The fourth-order valence-corrected chi connectivity index (χ4v) is 15.2. The predicted octanol–water partition coefficient (Wildman–Crippen LogP) is 19.5. The maximum atomic E-state index is 4.21. The van der Waals surface area contributed by atoms with Crippen molar-refractivity contribution in [1.29, 1.82) is 0 Å². The minimum atomic E-state index is -0.109. The van der Waals surface area contributed by atoms with E-state index in [2.05, 4.69) is 285 Å². The van der Waals surface area contributed by atoms with E-state index in [1.807, 2.05) is 0 Å². The molecule has 3 nitrogen and oxygen atoms in total. The molecule has 10 aromatic carbocycles. The van der Waals surface area contributed by atoms with Crippen LogP contribution in [0, 0.1) is 0 Å². The summed E-state index contributed by atoms with van der Waals surface area (Å²) in [6.07, 6.45) is 4.64. The molecular formula is C77H71BN3. The first kappa shape index (κ1) is 49.9. The highest BCUT2D eigenvalue weighted by Crippen LogP contribution is 2.54. The third kappa shape index (κ3) is 7.61. The molecule has 0 bridgehead atoms. The summed E-state index contributed by atoms with van der Waals surface area (Å²) in [7, 11) is 2.57. The minimum Gasteiger partial charge on any atom is -0.355 e. The van der Waals surface area contributed by atoms with Crippen molar-refractivity contribution in [3.63, 3.8) is 0 Å². The van der Waals surface area contributed by atoms with Crippen molar-refractivity contribution in [3.8, 4) is 39.1 Å². The van der Waals surface area contributed by atoms with E-state index in [9.17, 15) is 0 Å². The number of nitrogens with zero attached hydrogens (tertiary/aromatic N) is 2. The molecule has 4 heteroatoms. The average molecular weight is 1050 g/mol. The van der Waals surface area contributed by atoms with Gasteiger partial charge in [-0.05, 0) is 204 Å². The Kier molecular flexibility index (Phi) is 10.8. The van der Waals surface area contributed by atoms with E-state index >= 15 is 0 Å². The lowest BCUT2D eigenvalue weighted by Crippen LogP contribution is -2.41. The van der Waals surface area contributed by atoms with Crippen molar-refractivity contribution in [2.75, 3.05) is 10.2 Å². The largest absolute Gasteiger partial charge is 0.355 e. The number of hydrogen-bond donors (Lipinski definition) is 1. The molecule has 0 fully saturated rings. The molecule has 1 aromatic heterocycles. The molecular weight excluding hydrogens is 978 g/mol. The second-order valence-corrected chi connectivity index (χ2v) is 27.4. The molecule has 0 amide bonds. The molecule has 2 heterocycles. The zero-order valence-corrected chi connectivity index (χ0v) is 48.8. The van der Waals surface area contributed by atoms with Crippen molar-refractivity contribution in [2.45, 2.75) is 122 Å². The topological polar surface area (TPSA) is 20.2 Å². The number of para-hydroxylation sites is 2. The van der Waals surface area contributed by atoms with Crippen molar-refractivity contribution >= 4 is 79.2 Å². The first-order valence-corrected chi connectivity index (χ1v) is 29.7. The predicted molar refractivity (Wildman–Crippen MR) is 347 cm³/mol. The molecule has 11 aromatic rings. The fraction of sp³-hybridized carbons (Fsp3) is 0.247. The molecule has 0 spiro atoms. The number of benzene rings is 10. The maximum absolute atomic E-state index is 4.21. The van der Waals surface area contributed by atoms with Gasteiger partial charge in [-0.15, -0.1) is 0 Å². The monoisotopic (exact) mass is 1050 g/mol. The van der Waals surface area contributed by atoms with Gasteiger partial charge >= 0.3 is 0 Å². The van der Waals surface area contributed by atoms with Gasteiger partial charge in [-0.2, -0.15) is 0 Å². The Labute approximate surface area is 480 Å². The van der Waals surface area contributed by atoms with E-state index in [-0.39, 0.29) is 27.1 Å². The summed E-state index contributed by atoms with van der Waals surface area (Å²) < 4.78 is 2.68. The minimum absolute atomic E-state index is 0.0355. The van der Waals surface area contributed by atoms with E-state index in [1.165, 1.54) is 117 Å². The van der Waals surface area contributed by atoms with Crippen molar-refractivity contribution < 1.29 is 0 Å². The molecule has 1 N–H and O–H groups in total. The molecule has 397 valence electrons. The number of hydrogen-bond acceptors (Lipinski definition) is 2. The normalized spacial score (nSPS) is 17.2. The molecule has 1 radical (unpaired) electrons. The van der Waals surface area contributed by atoms with Gasteiger partial charge in [0.1, 0.15) is 0 Å². The van der Waals surface area contributed by atoms with Crippen molar-refractivity contribution in [1.82, 2.24) is 4.57 Å². The molecule has 4 aliphatic rings. The third-order valence-electron chi connectivity index (χ3n) is 20.1. The molecule has 0 atom stereocenters. The van der Waals surface area contributed by atoms with E-state index in [0.29, 0.717) is 0 Å². The lowest BCUT2D eigenvalue weighted by atomic mass is 9.55. The third-order valence-corrected chi connectivity index (χ3v) is 20.1. The first-order chi connectivity index (χ1) is 38.9. The molecule has 0 saturated carbocycles. The van der Waals surface area contributed by atoms with Gasteiger partial charge in [0.2, 0.25) is 0 Å². The highest BCUT2D eigenvalue weighted by Gasteiger charge is 2.41. The Hall–Kier alpha value is -8.08. The van der Waals surface area contributed by atoms with Crippen LogP contribution in [0.2, 0.25) is 0 Å². The van der Waals surface area contributed by atoms with Gasteiger partial charge in [0, 0.05) is 61.4 Å². The Morgan fingerprint density at radius 2 is 1.00 bits per heavy atom. The van der Waals surface area contributed by atoms with Crippen LogP contribution in [0.4, 0.5) is 28.4 Å². The average Bonchev–Trinajstić information content (AvgIpc) is 4.09. The number of nitrogens with one attached hydrogen (secondary N) is 1. The Bertz CT molecular complexity index is 4400. The van der Waals surface area contributed by atoms with Gasteiger partial charge in [0.05, 0.1) is 5.52 Å². The van der Waals surface area contributed by atoms with Crippen LogP contribution in [-0.2, 0) is 27.1 Å². The van der Waals surface area contributed by atoms with Gasteiger partial charge in [0.15, 0.2) is 7.28 Å². The summed E-state index contributed by atoms with van der Waals surface area (Å²) >= 11 is 0. The molecule has 0 unspecified atom stereocenters. The van der Waals surface area contributed by atoms with Crippen LogP contribution in [0.5, 0.6) is 0 Å². The maximum Gasteiger partial charge on any atom is 0.197 e. The van der Waals surface area contributed by atoms with E-state index < -0.39 is 0 Å². The zero-order chi connectivity index (χ0) is 55.5. The Morgan fingerprint density at radius 3 is 1.69 bits per heavy atom. The van der Waals surface area contributed by atoms with Gasteiger partial charge in [-0.3, -0.25) is 0 Å². The van der Waals surface area contributed by atoms with Crippen molar-refractivity contribution in [2.24, 2.45) is 0 Å². The number of anilines is 5.